The van der Waals surface area contributed by atoms with Crippen molar-refractivity contribution in [3.05, 3.63) is 0 Å². The van der Waals surface area contributed by atoms with Gasteiger partial charge in [0.15, 0.2) is 0 Å². The summed E-state index contributed by atoms with van der Waals surface area (Å²) in [7, 11) is 0. The summed E-state index contributed by atoms with van der Waals surface area (Å²) in [5.74, 6) is 3.23. The second kappa shape index (κ2) is 7.87. The van der Waals surface area contributed by atoms with Crippen LogP contribution in [0.4, 0.5) is 0 Å². The van der Waals surface area contributed by atoms with Crippen molar-refractivity contribution in [3.8, 4) is 0 Å². The molecule has 2 aliphatic rings. The summed E-state index contributed by atoms with van der Waals surface area (Å²) in [4.78, 5) is 0. The first kappa shape index (κ1) is 15.6. The van der Waals surface area contributed by atoms with Crippen LogP contribution in [-0.4, -0.2) is 49.5 Å². The molecule has 4 heteroatoms. The molecule has 1 spiro atoms. The van der Waals surface area contributed by atoms with Crippen LogP contribution in [0, 0.1) is 5.92 Å². The van der Waals surface area contributed by atoms with Crippen molar-refractivity contribution in [2.75, 3.05) is 37.9 Å². The third-order valence-corrected chi connectivity index (χ3v) is 5.63. The Hall–Kier alpha value is 0.230. The van der Waals surface area contributed by atoms with E-state index < -0.39 is 0 Å². The van der Waals surface area contributed by atoms with Gasteiger partial charge in [0.25, 0.3) is 0 Å². The van der Waals surface area contributed by atoms with Crippen molar-refractivity contribution >= 4 is 11.8 Å². The van der Waals surface area contributed by atoms with Crippen molar-refractivity contribution in [3.63, 3.8) is 0 Å². The van der Waals surface area contributed by atoms with E-state index >= 15 is 0 Å². The molecule has 0 saturated carbocycles. The van der Waals surface area contributed by atoms with E-state index in [0.29, 0.717) is 6.04 Å². The van der Waals surface area contributed by atoms with Crippen LogP contribution in [-0.2, 0) is 9.47 Å². The molecule has 19 heavy (non-hydrogen) atoms. The van der Waals surface area contributed by atoms with Gasteiger partial charge in [0, 0.05) is 31.6 Å². The number of nitrogens with one attached hydrogen (secondary N) is 1. The average molecular weight is 287 g/mol. The second-order valence-electron chi connectivity index (χ2n) is 5.74. The lowest BCUT2D eigenvalue weighted by Crippen LogP contribution is -2.47. The van der Waals surface area contributed by atoms with Crippen LogP contribution in [0.2, 0.25) is 0 Å². The van der Waals surface area contributed by atoms with Crippen LogP contribution in [0.15, 0.2) is 0 Å². The maximum Gasteiger partial charge on any atom is 0.0783 e. The number of rotatable bonds is 7. The van der Waals surface area contributed by atoms with Gasteiger partial charge in [-0.2, -0.15) is 11.8 Å². The van der Waals surface area contributed by atoms with Gasteiger partial charge in [-0.25, -0.2) is 0 Å². The molecule has 2 fully saturated rings. The highest BCUT2D eigenvalue weighted by molar-refractivity contribution is 7.99. The van der Waals surface area contributed by atoms with Gasteiger partial charge in [-0.15, -0.1) is 0 Å². The topological polar surface area (TPSA) is 30.5 Å². The maximum atomic E-state index is 6.13. The lowest BCUT2D eigenvalue weighted by atomic mass is 9.80. The molecule has 0 aromatic rings. The summed E-state index contributed by atoms with van der Waals surface area (Å²) in [5.41, 5.74) is 0.201. The third kappa shape index (κ3) is 4.35. The Morgan fingerprint density at radius 1 is 1.47 bits per heavy atom. The van der Waals surface area contributed by atoms with Crippen molar-refractivity contribution in [2.24, 2.45) is 5.92 Å². The molecule has 3 atom stereocenters. The fourth-order valence-corrected chi connectivity index (χ4v) is 4.77. The standard InChI is InChI=1S/C15H29NO2S/c1-3-16-14(6-8-17-4-2)13-5-9-18-15(11-13)7-10-19-12-15/h13-14,16H,3-12H2,1-2H3. The zero-order valence-corrected chi connectivity index (χ0v) is 13.3. The zero-order chi connectivity index (χ0) is 13.6. The van der Waals surface area contributed by atoms with Gasteiger partial charge in [0.2, 0.25) is 0 Å². The molecule has 0 bridgehead atoms. The molecule has 0 radical (unpaired) electrons. The van der Waals surface area contributed by atoms with Crippen molar-refractivity contribution in [1.82, 2.24) is 5.32 Å². The molecular formula is C15H29NO2S. The molecule has 0 amide bonds. The molecular weight excluding hydrogens is 258 g/mol. The Morgan fingerprint density at radius 3 is 3.05 bits per heavy atom. The lowest BCUT2D eigenvalue weighted by Gasteiger charge is -2.41. The Labute approximate surface area is 122 Å². The highest BCUT2D eigenvalue weighted by Gasteiger charge is 2.42. The first-order valence-corrected chi connectivity index (χ1v) is 8.98. The summed E-state index contributed by atoms with van der Waals surface area (Å²) in [6.07, 6.45) is 4.83. The molecule has 1 N–H and O–H groups in total. The van der Waals surface area contributed by atoms with E-state index in [-0.39, 0.29) is 5.60 Å². The van der Waals surface area contributed by atoms with Gasteiger partial charge >= 0.3 is 0 Å². The monoisotopic (exact) mass is 287 g/mol. The number of thioether (sulfide) groups is 1. The largest absolute Gasteiger partial charge is 0.382 e. The fourth-order valence-electron chi connectivity index (χ4n) is 3.39. The van der Waals surface area contributed by atoms with Gasteiger partial charge < -0.3 is 14.8 Å². The number of hydrogen-bond acceptors (Lipinski definition) is 4. The zero-order valence-electron chi connectivity index (χ0n) is 12.5. The highest BCUT2D eigenvalue weighted by Crippen LogP contribution is 2.41. The van der Waals surface area contributed by atoms with E-state index in [1.54, 1.807) is 0 Å². The van der Waals surface area contributed by atoms with E-state index in [1.165, 1.54) is 30.8 Å². The molecule has 112 valence electrons. The molecule has 0 aromatic carbocycles. The molecule has 2 saturated heterocycles. The summed E-state index contributed by atoms with van der Waals surface area (Å²) in [6, 6.07) is 0.600. The van der Waals surface area contributed by atoms with Crippen molar-refractivity contribution < 1.29 is 9.47 Å². The molecule has 2 aliphatic heterocycles. The van der Waals surface area contributed by atoms with E-state index in [0.717, 1.165) is 38.7 Å². The lowest BCUT2D eigenvalue weighted by molar-refractivity contribution is -0.0863. The summed E-state index contributed by atoms with van der Waals surface area (Å²) >= 11 is 2.06. The minimum Gasteiger partial charge on any atom is -0.382 e. The molecule has 3 unspecified atom stereocenters. The minimum absolute atomic E-state index is 0.201. The fraction of sp³-hybridized carbons (Fsp3) is 1.00. The Balaban J connectivity index is 1.88. The molecule has 2 rings (SSSR count). The first-order chi connectivity index (χ1) is 9.29. The van der Waals surface area contributed by atoms with Gasteiger partial charge in [-0.05, 0) is 50.8 Å². The van der Waals surface area contributed by atoms with E-state index in [9.17, 15) is 0 Å². The van der Waals surface area contributed by atoms with Crippen molar-refractivity contribution in [1.29, 1.82) is 0 Å². The summed E-state index contributed by atoms with van der Waals surface area (Å²) in [6.45, 7) is 7.98. The van der Waals surface area contributed by atoms with Crippen LogP contribution in [0.1, 0.15) is 39.5 Å². The minimum atomic E-state index is 0.201. The maximum absolute atomic E-state index is 6.13. The Morgan fingerprint density at radius 2 is 2.37 bits per heavy atom. The van der Waals surface area contributed by atoms with Crippen LogP contribution in [0.25, 0.3) is 0 Å². The van der Waals surface area contributed by atoms with Gasteiger partial charge in [-0.1, -0.05) is 6.92 Å². The second-order valence-corrected chi connectivity index (χ2v) is 6.84. The van der Waals surface area contributed by atoms with Gasteiger partial charge in [0.1, 0.15) is 0 Å². The van der Waals surface area contributed by atoms with E-state index in [2.05, 4.69) is 30.9 Å². The average Bonchev–Trinajstić information content (AvgIpc) is 2.86. The Bertz CT molecular complexity index is 257. The van der Waals surface area contributed by atoms with Crippen molar-refractivity contribution in [2.45, 2.75) is 51.2 Å². The SMILES string of the molecule is CCNC(CCOCC)C1CCOC2(CCSC2)C1. The molecule has 0 aromatic heterocycles. The van der Waals surface area contributed by atoms with Crippen LogP contribution in [0.5, 0.6) is 0 Å². The highest BCUT2D eigenvalue weighted by atomic mass is 32.2. The molecule has 3 nitrogen and oxygen atoms in total. The van der Waals surface area contributed by atoms with Gasteiger partial charge in [-0.3, -0.25) is 0 Å². The predicted octanol–water partition coefficient (Wildman–Crippen LogP) is 2.69. The quantitative estimate of drug-likeness (QED) is 0.729. The predicted molar refractivity (Wildman–Crippen MR) is 81.9 cm³/mol. The third-order valence-electron chi connectivity index (χ3n) is 4.41. The van der Waals surface area contributed by atoms with Crippen LogP contribution in [0.3, 0.4) is 0 Å². The van der Waals surface area contributed by atoms with Crippen LogP contribution >= 0.6 is 11.8 Å². The normalized spacial score (nSPS) is 32.8. The molecule has 0 aliphatic carbocycles. The summed E-state index contributed by atoms with van der Waals surface area (Å²) in [5, 5.41) is 3.68. The summed E-state index contributed by atoms with van der Waals surface area (Å²) < 4.78 is 11.7. The number of hydrogen-bond donors (Lipinski definition) is 1. The van der Waals surface area contributed by atoms with E-state index in [4.69, 9.17) is 9.47 Å². The smallest absolute Gasteiger partial charge is 0.0783 e. The van der Waals surface area contributed by atoms with Crippen LogP contribution < -0.4 is 5.32 Å². The first-order valence-electron chi connectivity index (χ1n) is 7.82. The number of ether oxygens (including phenoxy) is 2. The van der Waals surface area contributed by atoms with E-state index in [1.807, 2.05) is 0 Å². The Kier molecular flexibility index (Phi) is 6.46. The van der Waals surface area contributed by atoms with Gasteiger partial charge in [0.05, 0.1) is 5.60 Å². The molecule has 2 heterocycles.